The molecule has 0 spiro atoms. The zero-order valence-corrected chi connectivity index (χ0v) is 11.3. The van der Waals surface area contributed by atoms with Gasteiger partial charge in [-0.2, -0.15) is 0 Å². The molecular weight excluding hydrogens is 210 g/mol. The molecule has 0 aromatic carbocycles. The highest BCUT2D eigenvalue weighted by Crippen LogP contribution is 2.24. The monoisotopic (exact) mass is 235 g/mol. The van der Waals surface area contributed by atoms with Gasteiger partial charge in [-0.15, -0.1) is 0 Å². The number of aromatic nitrogens is 1. The van der Waals surface area contributed by atoms with E-state index in [1.54, 1.807) is 0 Å². The quantitative estimate of drug-likeness (QED) is 0.790. The predicted octanol–water partition coefficient (Wildman–Crippen LogP) is 2.59. The van der Waals surface area contributed by atoms with Crippen molar-refractivity contribution in [2.24, 2.45) is 5.73 Å². The summed E-state index contributed by atoms with van der Waals surface area (Å²) in [5, 5.41) is 0. The van der Waals surface area contributed by atoms with Crippen LogP contribution in [0.25, 0.3) is 0 Å². The van der Waals surface area contributed by atoms with Crippen LogP contribution >= 0.6 is 0 Å². The number of rotatable bonds is 7. The number of likely N-dealkylation sites (N-methyl/N-ethyl adjacent to an activating group) is 1. The molecule has 3 nitrogen and oxygen atoms in total. The van der Waals surface area contributed by atoms with Crippen molar-refractivity contribution in [3.05, 3.63) is 30.1 Å². The van der Waals surface area contributed by atoms with Crippen molar-refractivity contribution < 1.29 is 0 Å². The maximum atomic E-state index is 6.29. The lowest BCUT2D eigenvalue weighted by atomic mass is 9.97. The minimum Gasteiger partial charge on any atom is -0.326 e. The molecule has 2 atom stereocenters. The van der Waals surface area contributed by atoms with Crippen LogP contribution in [0.5, 0.6) is 0 Å². The molecule has 0 bridgehead atoms. The molecule has 1 aromatic rings. The van der Waals surface area contributed by atoms with Crippen LogP contribution < -0.4 is 5.73 Å². The molecular formula is C14H25N3. The number of nitrogens with zero attached hydrogens (tertiary/aromatic N) is 2. The van der Waals surface area contributed by atoms with E-state index in [9.17, 15) is 0 Å². The lowest BCUT2D eigenvalue weighted by Gasteiger charge is -2.34. The van der Waals surface area contributed by atoms with Crippen molar-refractivity contribution in [1.29, 1.82) is 0 Å². The Morgan fingerprint density at radius 1 is 1.35 bits per heavy atom. The zero-order chi connectivity index (χ0) is 12.7. The lowest BCUT2D eigenvalue weighted by Crippen LogP contribution is -2.41. The fraction of sp³-hybridized carbons (Fsp3) is 0.643. The lowest BCUT2D eigenvalue weighted by molar-refractivity contribution is 0.178. The van der Waals surface area contributed by atoms with Gasteiger partial charge in [-0.3, -0.25) is 9.88 Å². The topological polar surface area (TPSA) is 42.2 Å². The first-order valence-corrected chi connectivity index (χ1v) is 6.64. The molecule has 1 aromatic heterocycles. The van der Waals surface area contributed by atoms with E-state index in [1.807, 2.05) is 18.5 Å². The van der Waals surface area contributed by atoms with E-state index < -0.39 is 0 Å². The summed E-state index contributed by atoms with van der Waals surface area (Å²) < 4.78 is 0. The fourth-order valence-corrected chi connectivity index (χ4v) is 2.28. The third-order valence-electron chi connectivity index (χ3n) is 3.21. The van der Waals surface area contributed by atoms with Gasteiger partial charge < -0.3 is 5.73 Å². The molecule has 1 heterocycles. The summed E-state index contributed by atoms with van der Waals surface area (Å²) in [5.74, 6) is 0. The van der Waals surface area contributed by atoms with Crippen LogP contribution in [0, 0.1) is 0 Å². The van der Waals surface area contributed by atoms with Gasteiger partial charge in [0.1, 0.15) is 0 Å². The van der Waals surface area contributed by atoms with Crippen LogP contribution in [0.15, 0.2) is 24.5 Å². The van der Waals surface area contributed by atoms with Crippen LogP contribution in [-0.2, 0) is 0 Å². The average molecular weight is 235 g/mol. The van der Waals surface area contributed by atoms with E-state index in [2.05, 4.69) is 36.7 Å². The van der Waals surface area contributed by atoms with Crippen LogP contribution in [0.4, 0.5) is 0 Å². The molecule has 0 amide bonds. The summed E-state index contributed by atoms with van der Waals surface area (Å²) in [7, 11) is 0. The summed E-state index contributed by atoms with van der Waals surface area (Å²) in [6, 6.07) is 4.58. The van der Waals surface area contributed by atoms with E-state index in [-0.39, 0.29) is 6.04 Å². The number of hydrogen-bond donors (Lipinski definition) is 1. The second kappa shape index (κ2) is 7.41. The summed E-state index contributed by atoms with van der Waals surface area (Å²) in [6.45, 7) is 8.67. The summed E-state index contributed by atoms with van der Waals surface area (Å²) >= 11 is 0. The average Bonchev–Trinajstić information content (AvgIpc) is 2.39. The van der Waals surface area contributed by atoms with Crippen molar-refractivity contribution in [1.82, 2.24) is 9.88 Å². The van der Waals surface area contributed by atoms with Gasteiger partial charge in [0.15, 0.2) is 0 Å². The molecule has 1 rings (SSSR count). The normalized spacial score (nSPS) is 14.9. The molecule has 0 aliphatic heterocycles. The van der Waals surface area contributed by atoms with Gasteiger partial charge in [0, 0.05) is 18.4 Å². The van der Waals surface area contributed by atoms with Crippen LogP contribution in [0.1, 0.15) is 45.2 Å². The molecule has 96 valence electrons. The Balaban J connectivity index is 2.94. The summed E-state index contributed by atoms with van der Waals surface area (Å²) in [6.07, 6.45) is 5.90. The maximum absolute atomic E-state index is 6.29. The predicted molar refractivity (Wildman–Crippen MR) is 72.8 cm³/mol. The van der Waals surface area contributed by atoms with Gasteiger partial charge in [-0.1, -0.05) is 26.8 Å². The van der Waals surface area contributed by atoms with Crippen LogP contribution in [0.2, 0.25) is 0 Å². The molecule has 3 heteroatoms. The molecule has 0 saturated carbocycles. The molecule has 0 saturated heterocycles. The van der Waals surface area contributed by atoms with E-state index in [0.717, 1.165) is 25.9 Å². The second-order valence-electron chi connectivity index (χ2n) is 4.43. The smallest absolute Gasteiger partial charge is 0.0514 e. The van der Waals surface area contributed by atoms with Crippen molar-refractivity contribution in [3.63, 3.8) is 0 Å². The van der Waals surface area contributed by atoms with E-state index in [4.69, 9.17) is 5.73 Å². The molecule has 0 fully saturated rings. The van der Waals surface area contributed by atoms with Crippen molar-refractivity contribution >= 4 is 0 Å². The molecule has 0 aliphatic carbocycles. The number of pyridine rings is 1. The minimum absolute atomic E-state index is 0.172. The van der Waals surface area contributed by atoms with Gasteiger partial charge in [0.2, 0.25) is 0 Å². The first-order chi connectivity index (χ1) is 8.24. The minimum atomic E-state index is 0.172. The van der Waals surface area contributed by atoms with Gasteiger partial charge in [-0.25, -0.2) is 0 Å². The fourth-order valence-electron chi connectivity index (χ4n) is 2.28. The van der Waals surface area contributed by atoms with Crippen molar-refractivity contribution in [2.45, 2.75) is 45.7 Å². The summed E-state index contributed by atoms with van der Waals surface area (Å²) in [4.78, 5) is 6.67. The van der Waals surface area contributed by atoms with Gasteiger partial charge in [0.25, 0.3) is 0 Å². The molecule has 0 aliphatic rings. The largest absolute Gasteiger partial charge is 0.326 e. The van der Waals surface area contributed by atoms with E-state index >= 15 is 0 Å². The van der Waals surface area contributed by atoms with Crippen LogP contribution in [0.3, 0.4) is 0 Å². The first kappa shape index (κ1) is 14.1. The number of nitrogens with two attached hydrogens (primary N) is 1. The van der Waals surface area contributed by atoms with Crippen molar-refractivity contribution in [2.75, 3.05) is 13.1 Å². The number of hydrogen-bond acceptors (Lipinski definition) is 3. The highest BCUT2D eigenvalue weighted by Gasteiger charge is 2.24. The summed E-state index contributed by atoms with van der Waals surface area (Å²) in [5.41, 5.74) is 7.52. The molecule has 2 N–H and O–H groups in total. The Morgan fingerprint density at radius 2 is 2.12 bits per heavy atom. The Labute approximate surface area is 105 Å². The zero-order valence-electron chi connectivity index (χ0n) is 11.3. The molecule has 17 heavy (non-hydrogen) atoms. The Kier molecular flexibility index (Phi) is 6.16. The van der Waals surface area contributed by atoms with E-state index in [0.29, 0.717) is 6.04 Å². The SMILES string of the molecule is CCCN(CC)C(c1cccnc1)C(N)CC. The highest BCUT2D eigenvalue weighted by atomic mass is 15.2. The first-order valence-electron chi connectivity index (χ1n) is 6.64. The standard InChI is InChI=1S/C14H25N3/c1-4-10-17(6-3)14(13(15)5-2)12-8-7-9-16-11-12/h7-9,11,13-14H,4-6,10,15H2,1-3H3. The van der Waals surface area contributed by atoms with E-state index in [1.165, 1.54) is 5.56 Å². The molecule has 2 unspecified atom stereocenters. The maximum Gasteiger partial charge on any atom is 0.0514 e. The highest BCUT2D eigenvalue weighted by molar-refractivity contribution is 5.16. The second-order valence-corrected chi connectivity index (χ2v) is 4.43. The van der Waals surface area contributed by atoms with Gasteiger partial charge >= 0.3 is 0 Å². The van der Waals surface area contributed by atoms with Crippen LogP contribution in [-0.4, -0.2) is 29.0 Å². The van der Waals surface area contributed by atoms with Gasteiger partial charge in [0.05, 0.1) is 6.04 Å². The Hall–Kier alpha value is -0.930. The van der Waals surface area contributed by atoms with Crippen molar-refractivity contribution in [3.8, 4) is 0 Å². The Morgan fingerprint density at radius 3 is 2.59 bits per heavy atom. The van der Waals surface area contributed by atoms with Gasteiger partial charge in [-0.05, 0) is 37.6 Å². The third kappa shape index (κ3) is 3.79. The third-order valence-corrected chi connectivity index (χ3v) is 3.21. The Bertz CT molecular complexity index is 300. The molecule has 0 radical (unpaired) electrons.